The second kappa shape index (κ2) is 7.56. The molecular weight excluding hydrogens is 342 g/mol. The molecule has 2 aromatic rings. The maximum absolute atomic E-state index is 12.8. The van der Waals surface area contributed by atoms with Crippen molar-refractivity contribution in [3.05, 3.63) is 65.5 Å². The Bertz CT molecular complexity index is 802. The first kappa shape index (κ1) is 18.1. The third-order valence-electron chi connectivity index (χ3n) is 2.94. The van der Waals surface area contributed by atoms with Gasteiger partial charge in [0.25, 0.3) is 0 Å². The number of hydrogen-bond acceptors (Lipinski definition) is 3. The molecule has 0 radical (unpaired) electrons. The van der Waals surface area contributed by atoms with Gasteiger partial charge in [-0.3, -0.25) is 9.59 Å². The molecule has 0 aromatic heterocycles. The predicted octanol–water partition coefficient (Wildman–Crippen LogP) is 2.93. The molecule has 0 fully saturated rings. The zero-order valence-corrected chi connectivity index (χ0v) is 12.5. The molecule has 0 bridgehead atoms. The fourth-order valence-corrected chi connectivity index (χ4v) is 1.80. The molecule has 0 aliphatic carbocycles. The summed E-state index contributed by atoms with van der Waals surface area (Å²) in [4.78, 5) is 23.1. The standard InChI is InChI=1S/C16H11F4N3O2/c17-11-5-7-12(8-6-11)22-14(24)15(25)23-21-9-10-3-1-2-4-13(10)16(18,19)20/h1-9H,(H,22,24)(H,23,25)/b21-9-. The highest BCUT2D eigenvalue weighted by Crippen LogP contribution is 2.30. The Hall–Kier alpha value is -3.23. The summed E-state index contributed by atoms with van der Waals surface area (Å²) in [5, 5.41) is 5.53. The van der Waals surface area contributed by atoms with Crippen LogP contribution in [0.15, 0.2) is 53.6 Å². The number of hydrazone groups is 1. The monoisotopic (exact) mass is 353 g/mol. The minimum Gasteiger partial charge on any atom is -0.318 e. The molecule has 0 spiro atoms. The number of hydrogen-bond donors (Lipinski definition) is 2. The van der Waals surface area contributed by atoms with Gasteiger partial charge in [-0.1, -0.05) is 18.2 Å². The van der Waals surface area contributed by atoms with Crippen LogP contribution in [-0.4, -0.2) is 18.0 Å². The van der Waals surface area contributed by atoms with Crippen molar-refractivity contribution in [3.8, 4) is 0 Å². The van der Waals surface area contributed by atoms with Gasteiger partial charge in [-0.15, -0.1) is 0 Å². The lowest BCUT2D eigenvalue weighted by Gasteiger charge is -2.09. The average Bonchev–Trinajstić information content (AvgIpc) is 2.56. The van der Waals surface area contributed by atoms with Crippen LogP contribution in [0, 0.1) is 5.82 Å². The average molecular weight is 353 g/mol. The molecule has 25 heavy (non-hydrogen) atoms. The number of halogens is 4. The number of benzene rings is 2. The van der Waals surface area contributed by atoms with Crippen LogP contribution in [0.3, 0.4) is 0 Å². The molecule has 2 aromatic carbocycles. The van der Waals surface area contributed by atoms with E-state index in [9.17, 15) is 27.2 Å². The van der Waals surface area contributed by atoms with E-state index in [1.165, 1.54) is 24.3 Å². The van der Waals surface area contributed by atoms with Crippen LogP contribution in [0.2, 0.25) is 0 Å². The van der Waals surface area contributed by atoms with Crippen LogP contribution >= 0.6 is 0 Å². The summed E-state index contributed by atoms with van der Waals surface area (Å²) in [7, 11) is 0. The van der Waals surface area contributed by atoms with Crippen molar-refractivity contribution in [1.82, 2.24) is 5.43 Å². The van der Waals surface area contributed by atoms with Gasteiger partial charge in [0.05, 0.1) is 11.8 Å². The smallest absolute Gasteiger partial charge is 0.318 e. The molecule has 0 atom stereocenters. The lowest BCUT2D eigenvalue weighted by atomic mass is 10.1. The lowest BCUT2D eigenvalue weighted by Crippen LogP contribution is -2.32. The number of anilines is 1. The normalized spacial score (nSPS) is 11.4. The van der Waals surface area contributed by atoms with Crippen LogP contribution in [-0.2, 0) is 15.8 Å². The fraction of sp³-hybridized carbons (Fsp3) is 0.0625. The minimum atomic E-state index is -4.58. The summed E-state index contributed by atoms with van der Waals surface area (Å²) in [6, 6.07) is 9.27. The zero-order chi connectivity index (χ0) is 18.4. The molecule has 5 nitrogen and oxygen atoms in total. The summed E-state index contributed by atoms with van der Waals surface area (Å²) in [5.74, 6) is -2.81. The maximum atomic E-state index is 12.8. The number of nitrogens with zero attached hydrogens (tertiary/aromatic N) is 1. The van der Waals surface area contributed by atoms with Crippen LogP contribution in [0.5, 0.6) is 0 Å². The SMILES string of the molecule is O=C(N/N=C\c1ccccc1C(F)(F)F)C(=O)Nc1ccc(F)cc1. The number of carbonyl (C=O) groups is 2. The van der Waals surface area contributed by atoms with Gasteiger partial charge in [-0.05, 0) is 30.3 Å². The number of alkyl halides is 3. The second-order valence-corrected chi connectivity index (χ2v) is 4.75. The molecule has 2 amide bonds. The lowest BCUT2D eigenvalue weighted by molar-refractivity contribution is -0.137. The third-order valence-corrected chi connectivity index (χ3v) is 2.94. The van der Waals surface area contributed by atoms with Crippen LogP contribution in [0.4, 0.5) is 23.2 Å². The van der Waals surface area contributed by atoms with Crippen molar-refractivity contribution in [2.24, 2.45) is 5.10 Å². The summed E-state index contributed by atoms with van der Waals surface area (Å²) < 4.78 is 51.1. The number of amides is 2. The Morgan fingerprint density at radius 3 is 2.24 bits per heavy atom. The molecule has 0 aliphatic heterocycles. The Labute approximate surface area is 139 Å². The van der Waals surface area contributed by atoms with Crippen molar-refractivity contribution >= 4 is 23.7 Å². The maximum Gasteiger partial charge on any atom is 0.417 e. The van der Waals surface area contributed by atoms with Gasteiger partial charge in [-0.25, -0.2) is 9.82 Å². The molecule has 2 rings (SSSR count). The summed E-state index contributed by atoms with van der Waals surface area (Å²) in [5.41, 5.74) is 0.796. The molecule has 0 saturated carbocycles. The molecule has 9 heteroatoms. The van der Waals surface area contributed by atoms with Gasteiger partial charge in [0.15, 0.2) is 0 Å². The van der Waals surface area contributed by atoms with Gasteiger partial charge >= 0.3 is 18.0 Å². The number of rotatable bonds is 3. The van der Waals surface area contributed by atoms with E-state index in [1.54, 1.807) is 0 Å². The van der Waals surface area contributed by atoms with Gasteiger partial charge < -0.3 is 5.32 Å². The molecule has 130 valence electrons. The first-order chi connectivity index (χ1) is 11.8. The van der Waals surface area contributed by atoms with Crippen LogP contribution < -0.4 is 10.7 Å². The Morgan fingerprint density at radius 1 is 0.960 bits per heavy atom. The largest absolute Gasteiger partial charge is 0.417 e. The van der Waals surface area contributed by atoms with E-state index in [0.29, 0.717) is 0 Å². The van der Waals surface area contributed by atoms with Crippen LogP contribution in [0.25, 0.3) is 0 Å². The summed E-state index contributed by atoms with van der Waals surface area (Å²) in [6.07, 6.45) is -3.79. The third kappa shape index (κ3) is 5.13. The van der Waals surface area contributed by atoms with E-state index in [-0.39, 0.29) is 11.3 Å². The number of carbonyl (C=O) groups excluding carboxylic acids is 2. The first-order valence-corrected chi connectivity index (χ1v) is 6.83. The van der Waals surface area contributed by atoms with E-state index in [4.69, 9.17) is 0 Å². The van der Waals surface area contributed by atoms with Crippen molar-refractivity contribution in [2.45, 2.75) is 6.18 Å². The Balaban J connectivity index is 1.99. The van der Waals surface area contributed by atoms with E-state index in [0.717, 1.165) is 30.5 Å². The van der Waals surface area contributed by atoms with Gasteiger partial charge in [-0.2, -0.15) is 18.3 Å². The van der Waals surface area contributed by atoms with Crippen molar-refractivity contribution in [2.75, 3.05) is 5.32 Å². The van der Waals surface area contributed by atoms with Gasteiger partial charge in [0, 0.05) is 11.3 Å². The first-order valence-electron chi connectivity index (χ1n) is 6.83. The highest BCUT2D eigenvalue weighted by molar-refractivity contribution is 6.39. The molecule has 0 aliphatic rings. The Kier molecular flexibility index (Phi) is 5.48. The van der Waals surface area contributed by atoms with E-state index >= 15 is 0 Å². The van der Waals surface area contributed by atoms with E-state index in [1.807, 2.05) is 5.43 Å². The Morgan fingerprint density at radius 2 is 1.60 bits per heavy atom. The topological polar surface area (TPSA) is 70.6 Å². The highest BCUT2D eigenvalue weighted by Gasteiger charge is 2.32. The predicted molar refractivity (Wildman–Crippen MR) is 82.2 cm³/mol. The zero-order valence-electron chi connectivity index (χ0n) is 12.5. The minimum absolute atomic E-state index is 0.174. The fourth-order valence-electron chi connectivity index (χ4n) is 1.80. The van der Waals surface area contributed by atoms with Crippen molar-refractivity contribution in [1.29, 1.82) is 0 Å². The van der Waals surface area contributed by atoms with Crippen molar-refractivity contribution in [3.63, 3.8) is 0 Å². The summed E-state index contributed by atoms with van der Waals surface area (Å²) >= 11 is 0. The molecule has 0 unspecified atom stereocenters. The summed E-state index contributed by atoms with van der Waals surface area (Å²) in [6.45, 7) is 0. The molecule has 0 saturated heterocycles. The second-order valence-electron chi connectivity index (χ2n) is 4.75. The van der Waals surface area contributed by atoms with E-state index in [2.05, 4.69) is 10.4 Å². The van der Waals surface area contributed by atoms with Crippen molar-refractivity contribution < 1.29 is 27.2 Å². The molecular formula is C16H11F4N3O2. The van der Waals surface area contributed by atoms with Gasteiger partial charge in [0.1, 0.15) is 5.82 Å². The quantitative estimate of drug-likeness (QED) is 0.386. The highest BCUT2D eigenvalue weighted by atomic mass is 19.4. The van der Waals surface area contributed by atoms with E-state index < -0.39 is 29.4 Å². The molecule has 2 N–H and O–H groups in total. The van der Waals surface area contributed by atoms with Gasteiger partial charge in [0.2, 0.25) is 0 Å². The molecule has 0 heterocycles. The number of nitrogens with one attached hydrogen (secondary N) is 2. The van der Waals surface area contributed by atoms with Crippen LogP contribution in [0.1, 0.15) is 11.1 Å².